The number of amides is 4. The van der Waals surface area contributed by atoms with Crippen molar-refractivity contribution >= 4 is 41.0 Å². The SMILES string of the molecule is CC(=O)OC(C(C)C)N1C(=O)c2ccccc2C1=O.COc1ccc(C(C(C)C)N2C(=O)c3ccccc3C2=O)cc1[N+](=O)[O-].COc1ccccc1[N+](=O)[O-]. The summed E-state index contributed by atoms with van der Waals surface area (Å²) < 4.78 is 14.9. The summed E-state index contributed by atoms with van der Waals surface area (Å²) in [7, 11) is 2.76. The number of nitro groups is 2. The molecule has 0 N–H and O–H groups in total. The predicted molar refractivity (Wildman–Crippen MR) is 201 cm³/mol. The molecule has 16 nitrogen and oxygen atoms in total. The van der Waals surface area contributed by atoms with Gasteiger partial charge in [0.1, 0.15) is 0 Å². The van der Waals surface area contributed by atoms with E-state index in [2.05, 4.69) is 0 Å². The van der Waals surface area contributed by atoms with Crippen LogP contribution in [0.1, 0.15) is 87.7 Å². The van der Waals surface area contributed by atoms with Gasteiger partial charge in [-0.1, -0.05) is 70.2 Å². The van der Waals surface area contributed by atoms with Gasteiger partial charge in [0.15, 0.2) is 17.7 Å². The van der Waals surface area contributed by atoms with Crippen molar-refractivity contribution in [3.8, 4) is 11.5 Å². The standard InChI is InChI=1S/C19H18N2O5.C14H15NO4.C7H7NO3/c1-11(2)17(12-8-9-16(26-3)15(10-12)21(24)25)20-18(22)13-6-4-5-7-14(13)19(20)23;1-8(2)14(19-9(3)16)15-12(17)10-6-4-5-7-11(10)13(15)18;1-11-7-5-3-2-4-6(7)8(9)10/h4-11,17H,1-3H3;4-8,14H,1-3H3;2-5H,1H3. The largest absolute Gasteiger partial charge is 0.490 e. The Bertz CT molecular complexity index is 2110. The Morgan fingerprint density at radius 3 is 1.38 bits per heavy atom. The number of nitro benzene ring substituents is 2. The van der Waals surface area contributed by atoms with Gasteiger partial charge in [-0.05, 0) is 47.9 Å². The van der Waals surface area contributed by atoms with E-state index < -0.39 is 39.9 Å². The minimum atomic E-state index is -0.870. The number of fused-ring (bicyclic) bond motifs is 2. The maximum atomic E-state index is 12.8. The molecule has 4 aromatic carbocycles. The summed E-state index contributed by atoms with van der Waals surface area (Å²) in [5.74, 6) is -2.01. The summed E-state index contributed by atoms with van der Waals surface area (Å²) in [6.45, 7) is 8.57. The summed E-state index contributed by atoms with van der Waals surface area (Å²) in [5.41, 5.74) is 1.72. The molecule has 0 aliphatic carbocycles. The van der Waals surface area contributed by atoms with Crippen molar-refractivity contribution in [1.29, 1.82) is 0 Å². The highest BCUT2D eigenvalue weighted by atomic mass is 16.6. The fourth-order valence-corrected chi connectivity index (χ4v) is 6.20. The Labute approximate surface area is 321 Å². The van der Waals surface area contributed by atoms with Crippen LogP contribution in [0.2, 0.25) is 0 Å². The molecular formula is C40H40N4O12. The molecule has 2 aliphatic rings. The first-order chi connectivity index (χ1) is 26.5. The second-order valence-electron chi connectivity index (χ2n) is 13.1. The van der Waals surface area contributed by atoms with E-state index in [0.29, 0.717) is 27.8 Å². The number of rotatable bonds is 10. The van der Waals surface area contributed by atoms with E-state index in [4.69, 9.17) is 14.2 Å². The van der Waals surface area contributed by atoms with Gasteiger partial charge in [-0.3, -0.25) is 49.1 Å². The zero-order chi connectivity index (χ0) is 41.4. The molecule has 2 heterocycles. The zero-order valence-electron chi connectivity index (χ0n) is 31.7. The van der Waals surface area contributed by atoms with Crippen LogP contribution in [0.4, 0.5) is 11.4 Å². The van der Waals surface area contributed by atoms with Crippen LogP contribution in [0.3, 0.4) is 0 Å². The zero-order valence-corrected chi connectivity index (χ0v) is 31.7. The lowest BCUT2D eigenvalue weighted by Gasteiger charge is -2.30. The van der Waals surface area contributed by atoms with Crippen molar-refractivity contribution in [3.63, 3.8) is 0 Å². The minimum Gasteiger partial charge on any atom is -0.490 e. The fraction of sp³-hybridized carbons (Fsp3) is 0.275. The van der Waals surface area contributed by atoms with Crippen LogP contribution in [0.15, 0.2) is 91.0 Å². The van der Waals surface area contributed by atoms with Gasteiger partial charge in [0.25, 0.3) is 23.6 Å². The van der Waals surface area contributed by atoms with Crippen LogP contribution in [0.5, 0.6) is 11.5 Å². The molecule has 0 aromatic heterocycles. The molecule has 0 bridgehead atoms. The van der Waals surface area contributed by atoms with E-state index in [9.17, 15) is 44.2 Å². The number of hydrogen-bond acceptors (Lipinski definition) is 12. The van der Waals surface area contributed by atoms with E-state index in [1.165, 1.54) is 44.2 Å². The third kappa shape index (κ3) is 8.70. The molecule has 56 heavy (non-hydrogen) atoms. The maximum Gasteiger partial charge on any atom is 0.311 e. The molecule has 6 rings (SSSR count). The number of hydrogen-bond donors (Lipinski definition) is 0. The minimum absolute atomic E-state index is 0.00463. The quantitative estimate of drug-likeness (QED) is 0.0690. The van der Waals surface area contributed by atoms with Crippen molar-refractivity contribution in [2.75, 3.05) is 14.2 Å². The Kier molecular flexibility index (Phi) is 13.4. The molecule has 292 valence electrons. The van der Waals surface area contributed by atoms with Gasteiger partial charge in [-0.2, -0.15) is 0 Å². The van der Waals surface area contributed by atoms with E-state index in [0.717, 1.165) is 4.90 Å². The number of benzene rings is 4. The lowest BCUT2D eigenvalue weighted by molar-refractivity contribution is -0.385. The van der Waals surface area contributed by atoms with Crippen molar-refractivity contribution < 1.29 is 48.0 Å². The molecule has 0 spiro atoms. The van der Waals surface area contributed by atoms with Crippen LogP contribution in [-0.4, -0.2) is 69.7 Å². The summed E-state index contributed by atoms with van der Waals surface area (Å²) >= 11 is 0. The van der Waals surface area contributed by atoms with Crippen molar-refractivity contribution in [3.05, 3.63) is 139 Å². The summed E-state index contributed by atoms with van der Waals surface area (Å²) in [5, 5.41) is 21.6. The molecule has 0 fully saturated rings. The number of nitrogens with zero attached hydrogens (tertiary/aromatic N) is 4. The maximum absolute atomic E-state index is 12.8. The van der Waals surface area contributed by atoms with Gasteiger partial charge in [0.2, 0.25) is 0 Å². The number of imide groups is 2. The summed E-state index contributed by atoms with van der Waals surface area (Å²) in [6, 6.07) is 23.4. The van der Waals surface area contributed by atoms with E-state index in [1.807, 2.05) is 13.8 Å². The second-order valence-corrected chi connectivity index (χ2v) is 13.1. The monoisotopic (exact) mass is 768 g/mol. The topological polar surface area (TPSA) is 206 Å². The highest BCUT2D eigenvalue weighted by molar-refractivity contribution is 6.22. The normalized spacial score (nSPS) is 13.9. The molecule has 2 unspecified atom stereocenters. The molecule has 0 saturated carbocycles. The number of esters is 1. The molecule has 4 amide bonds. The lowest BCUT2D eigenvalue weighted by Crippen LogP contribution is -2.45. The van der Waals surface area contributed by atoms with Crippen LogP contribution in [0.25, 0.3) is 0 Å². The van der Waals surface area contributed by atoms with Crippen molar-refractivity contribution in [2.45, 2.75) is 46.9 Å². The predicted octanol–water partition coefficient (Wildman–Crippen LogP) is 7.03. The Morgan fingerprint density at radius 1 is 0.589 bits per heavy atom. The fourth-order valence-electron chi connectivity index (χ4n) is 6.20. The Balaban J connectivity index is 0.000000203. The van der Waals surface area contributed by atoms with Gasteiger partial charge in [-0.15, -0.1) is 0 Å². The smallest absolute Gasteiger partial charge is 0.311 e. The van der Waals surface area contributed by atoms with Crippen LogP contribution >= 0.6 is 0 Å². The number of para-hydroxylation sites is 2. The summed E-state index contributed by atoms with van der Waals surface area (Å²) in [4.78, 5) is 84.1. The van der Waals surface area contributed by atoms with Gasteiger partial charge in [0.05, 0.1) is 52.4 Å². The molecule has 2 atom stereocenters. The lowest BCUT2D eigenvalue weighted by atomic mass is 9.93. The molecule has 0 saturated heterocycles. The highest BCUT2D eigenvalue weighted by Crippen LogP contribution is 2.39. The third-order valence-electron chi connectivity index (χ3n) is 8.70. The van der Waals surface area contributed by atoms with E-state index >= 15 is 0 Å². The van der Waals surface area contributed by atoms with Gasteiger partial charge >= 0.3 is 17.3 Å². The average Bonchev–Trinajstić information content (AvgIpc) is 3.57. The molecule has 4 aromatic rings. The van der Waals surface area contributed by atoms with Gasteiger partial charge < -0.3 is 14.2 Å². The van der Waals surface area contributed by atoms with E-state index in [-0.39, 0.29) is 46.5 Å². The number of methoxy groups -OCH3 is 2. The number of carbonyl (C=O) groups is 5. The van der Waals surface area contributed by atoms with Crippen LogP contribution < -0.4 is 9.47 Å². The Hall–Kier alpha value is -6.97. The highest BCUT2D eigenvalue weighted by Gasteiger charge is 2.43. The molecule has 0 radical (unpaired) electrons. The molecule has 2 aliphatic heterocycles. The van der Waals surface area contributed by atoms with Crippen molar-refractivity contribution in [2.24, 2.45) is 11.8 Å². The Morgan fingerprint density at radius 2 is 1.00 bits per heavy atom. The third-order valence-corrected chi connectivity index (χ3v) is 8.70. The number of ether oxygens (including phenoxy) is 3. The first-order valence-corrected chi connectivity index (χ1v) is 17.3. The van der Waals surface area contributed by atoms with Gasteiger partial charge in [-0.25, -0.2) is 4.90 Å². The van der Waals surface area contributed by atoms with Crippen molar-refractivity contribution in [1.82, 2.24) is 9.80 Å². The first-order valence-electron chi connectivity index (χ1n) is 17.3. The number of carbonyl (C=O) groups excluding carboxylic acids is 5. The van der Waals surface area contributed by atoms with Crippen LogP contribution in [-0.2, 0) is 9.53 Å². The molecule has 16 heteroatoms. The summed E-state index contributed by atoms with van der Waals surface area (Å²) in [6.07, 6.45) is -0.870. The second kappa shape index (κ2) is 17.9. The first kappa shape index (κ1) is 41.8. The van der Waals surface area contributed by atoms with Crippen LogP contribution in [0, 0.1) is 32.1 Å². The molecular weight excluding hydrogens is 728 g/mol. The van der Waals surface area contributed by atoms with Gasteiger partial charge in [0, 0.05) is 25.0 Å². The van der Waals surface area contributed by atoms with E-state index in [1.54, 1.807) is 86.6 Å². The average molecular weight is 769 g/mol.